The summed E-state index contributed by atoms with van der Waals surface area (Å²) in [4.78, 5) is 0.270. The Morgan fingerprint density at radius 3 is 2.18 bits per heavy atom. The molecule has 0 aliphatic rings. The van der Waals surface area contributed by atoms with Crippen LogP contribution in [0.5, 0.6) is 0 Å². The van der Waals surface area contributed by atoms with Crippen LogP contribution in [0.2, 0.25) is 0 Å². The lowest BCUT2D eigenvalue weighted by Gasteiger charge is -2.27. The van der Waals surface area contributed by atoms with Gasteiger partial charge in [0.2, 0.25) is 0 Å². The van der Waals surface area contributed by atoms with Gasteiger partial charge in [-0.3, -0.25) is 0 Å². The number of hydrogen-bond acceptors (Lipinski definition) is 0. The Bertz CT molecular complexity index is 380. The minimum atomic E-state index is -4.27. The van der Waals surface area contributed by atoms with Gasteiger partial charge < -0.3 is 0 Å². The van der Waals surface area contributed by atoms with Gasteiger partial charge in [0.05, 0.1) is 5.56 Å². The van der Waals surface area contributed by atoms with E-state index in [0.717, 1.165) is 18.1 Å². The molecule has 0 aliphatic carbocycles. The molecule has 0 fully saturated rings. The van der Waals surface area contributed by atoms with Crippen LogP contribution in [0, 0.1) is 0 Å². The second-order valence-corrected chi connectivity index (χ2v) is 6.51. The third-order valence-corrected chi connectivity index (χ3v) is 3.09. The van der Waals surface area contributed by atoms with E-state index in [1.165, 1.54) is 12.1 Å². The first-order valence-corrected chi connectivity index (χ1v) is 6.36. The molecule has 0 spiro atoms. The second kappa shape index (κ2) is 5.01. The molecule has 96 valence electrons. The van der Waals surface area contributed by atoms with Gasteiger partial charge in [-0.2, -0.15) is 13.2 Å². The predicted molar refractivity (Wildman–Crippen MR) is 67.5 cm³/mol. The van der Waals surface area contributed by atoms with E-state index < -0.39 is 11.7 Å². The number of benzene rings is 1. The molecule has 0 aliphatic heterocycles. The Labute approximate surface area is 108 Å². The van der Waals surface area contributed by atoms with Crippen molar-refractivity contribution in [2.45, 2.75) is 43.6 Å². The SMILES string of the molecule is CC(Br)CC(C)(C)c1cccc(C(F)(F)F)c1. The fourth-order valence-electron chi connectivity index (χ4n) is 1.94. The van der Waals surface area contributed by atoms with Gasteiger partial charge in [0, 0.05) is 4.83 Å². The van der Waals surface area contributed by atoms with Crippen molar-refractivity contribution in [3.63, 3.8) is 0 Å². The van der Waals surface area contributed by atoms with Crippen molar-refractivity contribution < 1.29 is 13.2 Å². The van der Waals surface area contributed by atoms with Crippen molar-refractivity contribution in [1.29, 1.82) is 0 Å². The van der Waals surface area contributed by atoms with E-state index in [2.05, 4.69) is 15.9 Å². The average Bonchev–Trinajstić information content (AvgIpc) is 2.14. The fraction of sp³-hybridized carbons (Fsp3) is 0.538. The largest absolute Gasteiger partial charge is 0.416 e. The van der Waals surface area contributed by atoms with Crippen molar-refractivity contribution in [3.05, 3.63) is 35.4 Å². The maximum Gasteiger partial charge on any atom is 0.416 e. The fourth-order valence-corrected chi connectivity index (χ4v) is 2.75. The summed E-state index contributed by atoms with van der Waals surface area (Å²) in [5.41, 5.74) is -0.131. The summed E-state index contributed by atoms with van der Waals surface area (Å²) in [6.45, 7) is 5.91. The van der Waals surface area contributed by atoms with Gasteiger partial charge in [-0.05, 0) is 23.5 Å². The van der Waals surface area contributed by atoms with Crippen LogP contribution in [0.25, 0.3) is 0 Å². The summed E-state index contributed by atoms with van der Waals surface area (Å²) >= 11 is 3.44. The first-order valence-electron chi connectivity index (χ1n) is 5.45. The smallest absolute Gasteiger partial charge is 0.166 e. The number of halogens is 4. The molecule has 1 unspecified atom stereocenters. The number of rotatable bonds is 3. The Morgan fingerprint density at radius 2 is 1.71 bits per heavy atom. The molecule has 1 aromatic rings. The number of hydrogen-bond donors (Lipinski definition) is 0. The van der Waals surface area contributed by atoms with Crippen LogP contribution in [0.15, 0.2) is 24.3 Å². The summed E-state index contributed by atoms with van der Waals surface area (Å²) in [5.74, 6) is 0. The predicted octanol–water partition coefficient (Wildman–Crippen LogP) is 5.16. The van der Waals surface area contributed by atoms with Gasteiger partial charge >= 0.3 is 6.18 Å². The molecule has 0 nitrogen and oxygen atoms in total. The molecule has 0 heterocycles. The van der Waals surface area contributed by atoms with Crippen LogP contribution in [0.4, 0.5) is 13.2 Å². The molecule has 1 rings (SSSR count). The monoisotopic (exact) mass is 308 g/mol. The van der Waals surface area contributed by atoms with Gasteiger partial charge in [0.25, 0.3) is 0 Å². The lowest BCUT2D eigenvalue weighted by atomic mass is 9.80. The third kappa shape index (κ3) is 4.02. The van der Waals surface area contributed by atoms with Gasteiger partial charge in [-0.15, -0.1) is 0 Å². The molecule has 17 heavy (non-hydrogen) atoms. The van der Waals surface area contributed by atoms with Crippen LogP contribution >= 0.6 is 15.9 Å². The molecule has 0 saturated carbocycles. The molecule has 0 bridgehead atoms. The summed E-state index contributed by atoms with van der Waals surface area (Å²) in [6.07, 6.45) is -3.49. The molecule has 1 atom stereocenters. The molecule has 0 saturated heterocycles. The van der Waals surface area contributed by atoms with Gasteiger partial charge in [-0.25, -0.2) is 0 Å². The van der Waals surface area contributed by atoms with Crippen molar-refractivity contribution in [3.8, 4) is 0 Å². The second-order valence-electron chi connectivity index (χ2n) is 4.95. The third-order valence-electron chi connectivity index (χ3n) is 2.76. The van der Waals surface area contributed by atoms with Gasteiger partial charge in [-0.1, -0.05) is 54.9 Å². The van der Waals surface area contributed by atoms with E-state index in [1.54, 1.807) is 6.07 Å². The normalized spacial score (nSPS) is 14.8. The van der Waals surface area contributed by atoms with Crippen molar-refractivity contribution in [2.75, 3.05) is 0 Å². The molecule has 4 heteroatoms. The van der Waals surface area contributed by atoms with Crippen LogP contribution in [0.3, 0.4) is 0 Å². The lowest BCUT2D eigenvalue weighted by molar-refractivity contribution is -0.137. The molecular formula is C13H16BrF3. The Balaban J connectivity index is 3.07. The molecule has 1 aromatic carbocycles. The zero-order chi connectivity index (χ0) is 13.3. The summed E-state index contributed by atoms with van der Waals surface area (Å²) < 4.78 is 37.8. The van der Waals surface area contributed by atoms with Gasteiger partial charge in [0.1, 0.15) is 0 Å². The van der Waals surface area contributed by atoms with E-state index in [4.69, 9.17) is 0 Å². The first kappa shape index (κ1) is 14.6. The lowest BCUT2D eigenvalue weighted by Crippen LogP contribution is -2.21. The van der Waals surface area contributed by atoms with E-state index in [9.17, 15) is 13.2 Å². The highest BCUT2D eigenvalue weighted by Crippen LogP contribution is 2.35. The molecule has 0 aromatic heterocycles. The topological polar surface area (TPSA) is 0 Å². The molecular weight excluding hydrogens is 293 g/mol. The number of alkyl halides is 4. The van der Waals surface area contributed by atoms with Crippen LogP contribution in [0.1, 0.15) is 38.3 Å². The van der Waals surface area contributed by atoms with E-state index >= 15 is 0 Å². The van der Waals surface area contributed by atoms with E-state index in [1.807, 2.05) is 20.8 Å². The molecule has 0 N–H and O–H groups in total. The Hall–Kier alpha value is -0.510. The zero-order valence-electron chi connectivity index (χ0n) is 10.1. The summed E-state index contributed by atoms with van der Waals surface area (Å²) in [6, 6.07) is 5.58. The van der Waals surface area contributed by atoms with E-state index in [-0.39, 0.29) is 10.2 Å². The van der Waals surface area contributed by atoms with E-state index in [0.29, 0.717) is 0 Å². The quantitative estimate of drug-likeness (QED) is 0.677. The minimum Gasteiger partial charge on any atom is -0.166 e. The minimum absolute atomic E-state index is 0.270. The van der Waals surface area contributed by atoms with Crippen LogP contribution in [-0.2, 0) is 11.6 Å². The van der Waals surface area contributed by atoms with Crippen molar-refractivity contribution in [2.24, 2.45) is 0 Å². The molecule has 0 amide bonds. The zero-order valence-corrected chi connectivity index (χ0v) is 11.7. The van der Waals surface area contributed by atoms with Crippen LogP contribution < -0.4 is 0 Å². The maximum atomic E-state index is 12.6. The highest BCUT2D eigenvalue weighted by atomic mass is 79.9. The van der Waals surface area contributed by atoms with Crippen molar-refractivity contribution >= 4 is 15.9 Å². The van der Waals surface area contributed by atoms with Crippen LogP contribution in [-0.4, -0.2) is 4.83 Å². The highest BCUT2D eigenvalue weighted by Gasteiger charge is 2.32. The standard InChI is InChI=1S/C13H16BrF3/c1-9(14)8-12(2,3)10-5-4-6-11(7-10)13(15,16)17/h4-7,9H,8H2,1-3H3. The Kier molecular flexibility index (Phi) is 4.28. The highest BCUT2D eigenvalue weighted by molar-refractivity contribution is 9.09. The Morgan fingerprint density at radius 1 is 1.18 bits per heavy atom. The van der Waals surface area contributed by atoms with Gasteiger partial charge in [0.15, 0.2) is 0 Å². The first-order chi connectivity index (χ1) is 7.63. The molecule has 0 radical (unpaired) electrons. The maximum absolute atomic E-state index is 12.6. The average molecular weight is 309 g/mol. The summed E-state index contributed by atoms with van der Waals surface area (Å²) in [7, 11) is 0. The van der Waals surface area contributed by atoms with Crippen molar-refractivity contribution in [1.82, 2.24) is 0 Å². The summed E-state index contributed by atoms with van der Waals surface area (Å²) in [5, 5.41) is 0.